The lowest BCUT2D eigenvalue weighted by Crippen LogP contribution is -2.21. The highest BCUT2D eigenvalue weighted by atomic mass is 32.1. The van der Waals surface area contributed by atoms with Gasteiger partial charge in [-0.3, -0.25) is 19.2 Å². The van der Waals surface area contributed by atoms with E-state index in [2.05, 4.69) is 0 Å². The van der Waals surface area contributed by atoms with Gasteiger partial charge < -0.3 is 20.4 Å². The van der Waals surface area contributed by atoms with Crippen molar-refractivity contribution in [2.75, 3.05) is 0 Å². The first-order chi connectivity index (χ1) is 14.7. The quantitative estimate of drug-likeness (QED) is 0.388. The van der Waals surface area contributed by atoms with E-state index >= 15 is 0 Å². The van der Waals surface area contributed by atoms with Gasteiger partial charge in [0.05, 0.1) is 0 Å². The van der Waals surface area contributed by atoms with Crippen molar-refractivity contribution in [1.82, 2.24) is 0 Å². The average Bonchev–Trinajstić information content (AvgIpc) is 3.07. The smallest absolute Gasteiger partial charge is 0.323 e. The summed E-state index contributed by atoms with van der Waals surface area (Å²) < 4.78 is 0. The van der Waals surface area contributed by atoms with Crippen molar-refractivity contribution in [3.63, 3.8) is 0 Å². The van der Waals surface area contributed by atoms with E-state index in [0.717, 1.165) is 0 Å². The third-order valence-electron chi connectivity index (χ3n) is 4.60. The van der Waals surface area contributed by atoms with Crippen LogP contribution in [0.3, 0.4) is 0 Å². The number of aliphatic carboxylic acids is 4. The van der Waals surface area contributed by atoms with Gasteiger partial charge in [0.25, 0.3) is 0 Å². The highest BCUT2D eigenvalue weighted by Gasteiger charge is 2.40. The summed E-state index contributed by atoms with van der Waals surface area (Å²) in [7, 11) is 0. The normalized spacial score (nSPS) is 10.9. The highest BCUT2D eigenvalue weighted by Crippen LogP contribution is 2.49. The molecule has 1 aromatic heterocycles. The SMILES string of the molecule is O=C(O)C(C(=O)O)c1sc(C(C(=O)O)C(=O)O)c(-c2ccccc2)c1-c1ccccc1. The van der Waals surface area contributed by atoms with Crippen LogP contribution in [0.1, 0.15) is 21.6 Å². The second kappa shape index (κ2) is 8.80. The van der Waals surface area contributed by atoms with Crippen molar-refractivity contribution in [1.29, 1.82) is 0 Å². The second-order valence-electron chi connectivity index (χ2n) is 6.53. The molecule has 0 fully saturated rings. The molecule has 2 aromatic carbocycles. The number of rotatable bonds is 8. The highest BCUT2D eigenvalue weighted by molar-refractivity contribution is 7.14. The first kappa shape index (κ1) is 21.7. The van der Waals surface area contributed by atoms with Gasteiger partial charge in [-0.25, -0.2) is 0 Å². The monoisotopic (exact) mass is 440 g/mol. The number of benzene rings is 2. The van der Waals surface area contributed by atoms with Crippen LogP contribution in [0.15, 0.2) is 60.7 Å². The molecule has 0 saturated heterocycles. The van der Waals surface area contributed by atoms with Crippen LogP contribution in [0.5, 0.6) is 0 Å². The Balaban J connectivity index is 2.50. The van der Waals surface area contributed by atoms with Crippen LogP contribution in [0.4, 0.5) is 0 Å². The van der Waals surface area contributed by atoms with Crippen LogP contribution in [-0.2, 0) is 19.2 Å². The molecule has 0 unspecified atom stereocenters. The summed E-state index contributed by atoms with van der Waals surface area (Å²) in [5, 5.41) is 38.4. The molecule has 4 N–H and O–H groups in total. The number of carboxylic acids is 4. The van der Waals surface area contributed by atoms with Gasteiger partial charge in [0.1, 0.15) is 0 Å². The van der Waals surface area contributed by atoms with Gasteiger partial charge in [0, 0.05) is 20.9 Å². The van der Waals surface area contributed by atoms with Gasteiger partial charge in [-0.05, 0) is 11.1 Å². The maximum atomic E-state index is 11.8. The predicted octanol–water partition coefficient (Wildman–Crippen LogP) is 3.59. The van der Waals surface area contributed by atoms with Gasteiger partial charge in [-0.2, -0.15) is 0 Å². The molecule has 3 aromatic rings. The Morgan fingerprint density at radius 2 is 0.839 bits per heavy atom. The van der Waals surface area contributed by atoms with Crippen molar-refractivity contribution >= 4 is 35.2 Å². The van der Waals surface area contributed by atoms with Gasteiger partial charge in [0.15, 0.2) is 11.8 Å². The summed E-state index contributed by atoms with van der Waals surface area (Å²) in [6.45, 7) is 0. The lowest BCUT2D eigenvalue weighted by Gasteiger charge is -2.13. The molecule has 0 aliphatic heterocycles. The minimum atomic E-state index is -2.00. The molecule has 0 spiro atoms. The van der Waals surface area contributed by atoms with Crippen LogP contribution in [0.25, 0.3) is 22.3 Å². The molecule has 3 rings (SSSR count). The molecule has 0 saturated carbocycles. The van der Waals surface area contributed by atoms with Gasteiger partial charge >= 0.3 is 23.9 Å². The molecule has 158 valence electrons. The van der Waals surface area contributed by atoms with Crippen molar-refractivity contribution < 1.29 is 39.6 Å². The molecule has 0 radical (unpaired) electrons. The van der Waals surface area contributed by atoms with Gasteiger partial charge in [-0.15, -0.1) is 11.3 Å². The van der Waals surface area contributed by atoms with E-state index in [1.807, 2.05) is 0 Å². The fraction of sp³-hybridized carbons (Fsp3) is 0.0909. The zero-order valence-corrected chi connectivity index (χ0v) is 16.6. The molecular formula is C22H16O8S. The number of hydrogen-bond acceptors (Lipinski definition) is 5. The molecule has 0 aliphatic carbocycles. The van der Waals surface area contributed by atoms with Crippen LogP contribution in [-0.4, -0.2) is 44.3 Å². The van der Waals surface area contributed by atoms with E-state index in [1.165, 1.54) is 0 Å². The maximum absolute atomic E-state index is 11.8. The molecule has 0 atom stereocenters. The Morgan fingerprint density at radius 1 is 0.548 bits per heavy atom. The fourth-order valence-electron chi connectivity index (χ4n) is 3.32. The Kier molecular flexibility index (Phi) is 6.17. The third-order valence-corrected chi connectivity index (χ3v) is 5.92. The summed E-state index contributed by atoms with van der Waals surface area (Å²) in [5.41, 5.74) is 1.27. The summed E-state index contributed by atoms with van der Waals surface area (Å²) in [5.74, 6) is -10.6. The van der Waals surface area contributed by atoms with E-state index in [9.17, 15) is 39.6 Å². The van der Waals surface area contributed by atoms with Crippen molar-refractivity contribution in [3.8, 4) is 22.3 Å². The minimum absolute atomic E-state index is 0.146. The zero-order valence-electron chi connectivity index (χ0n) is 15.8. The van der Waals surface area contributed by atoms with Crippen molar-refractivity contribution in [2.45, 2.75) is 11.8 Å². The van der Waals surface area contributed by atoms with E-state index in [0.29, 0.717) is 22.5 Å². The molecule has 0 bridgehead atoms. The molecule has 8 nitrogen and oxygen atoms in total. The molecule has 9 heteroatoms. The fourth-order valence-corrected chi connectivity index (χ4v) is 4.84. The Morgan fingerprint density at radius 3 is 1.10 bits per heavy atom. The van der Waals surface area contributed by atoms with Crippen molar-refractivity contribution in [3.05, 3.63) is 70.4 Å². The van der Waals surface area contributed by atoms with Gasteiger partial charge in [-0.1, -0.05) is 60.7 Å². The Hall–Kier alpha value is -3.98. The number of carboxylic acid groups (broad SMARTS) is 4. The van der Waals surface area contributed by atoms with Crippen LogP contribution in [0.2, 0.25) is 0 Å². The second-order valence-corrected chi connectivity index (χ2v) is 7.62. The number of thiophene rings is 1. The van der Waals surface area contributed by atoms with Crippen LogP contribution < -0.4 is 0 Å². The standard InChI is InChI=1S/C22H16O8S/c23-19(24)15(20(25)26)17-13(11-7-3-1-4-8-11)14(12-9-5-2-6-10-12)18(31-17)16(21(27)28)22(29)30/h1-10,15-16H,(H,23,24)(H,25,26)(H,27,28)(H,29,30). The van der Waals surface area contributed by atoms with Gasteiger partial charge in [0.2, 0.25) is 0 Å². The maximum Gasteiger partial charge on any atom is 0.323 e. The molecule has 0 aliphatic rings. The lowest BCUT2D eigenvalue weighted by atomic mass is 9.89. The van der Waals surface area contributed by atoms with E-state index < -0.39 is 35.7 Å². The summed E-state index contributed by atoms with van der Waals surface area (Å²) in [6.07, 6.45) is 0. The Bertz CT molecular complexity index is 1030. The van der Waals surface area contributed by atoms with Crippen LogP contribution in [0, 0.1) is 0 Å². The van der Waals surface area contributed by atoms with E-state index in [-0.39, 0.29) is 20.9 Å². The number of carbonyl (C=O) groups is 4. The molecular weight excluding hydrogens is 424 g/mol. The summed E-state index contributed by atoms with van der Waals surface area (Å²) in [6, 6.07) is 16.6. The minimum Gasteiger partial charge on any atom is -0.480 e. The number of hydrogen-bond donors (Lipinski definition) is 4. The zero-order chi connectivity index (χ0) is 22.7. The lowest BCUT2D eigenvalue weighted by molar-refractivity contribution is -0.151. The Labute approximate surface area is 179 Å². The third kappa shape index (κ3) is 4.17. The molecule has 1 heterocycles. The predicted molar refractivity (Wildman–Crippen MR) is 111 cm³/mol. The summed E-state index contributed by atoms with van der Waals surface area (Å²) >= 11 is 0.582. The van der Waals surface area contributed by atoms with Crippen LogP contribution >= 0.6 is 11.3 Å². The molecule has 0 amide bonds. The largest absolute Gasteiger partial charge is 0.480 e. The average molecular weight is 440 g/mol. The van der Waals surface area contributed by atoms with E-state index in [1.54, 1.807) is 60.7 Å². The van der Waals surface area contributed by atoms with Crippen molar-refractivity contribution in [2.24, 2.45) is 0 Å². The molecule has 31 heavy (non-hydrogen) atoms. The topological polar surface area (TPSA) is 149 Å². The first-order valence-corrected chi connectivity index (χ1v) is 9.74. The summed E-state index contributed by atoms with van der Waals surface area (Å²) in [4.78, 5) is 47.0. The van der Waals surface area contributed by atoms with E-state index in [4.69, 9.17) is 0 Å². The first-order valence-electron chi connectivity index (χ1n) is 8.92.